The Balaban J connectivity index is 4.72. The van der Waals surface area contributed by atoms with Crippen LogP contribution in [0.15, 0.2) is 97.2 Å². The van der Waals surface area contributed by atoms with E-state index in [1.54, 1.807) is 0 Å². The van der Waals surface area contributed by atoms with E-state index in [4.69, 9.17) is 4.74 Å². The highest BCUT2D eigenvalue weighted by atomic mass is 16.5. The average molecular weight is 834 g/mol. The van der Waals surface area contributed by atoms with Crippen LogP contribution in [0.5, 0.6) is 0 Å². The average Bonchev–Trinajstić information content (AvgIpc) is 3.24. The van der Waals surface area contributed by atoms with Crippen LogP contribution >= 0.6 is 0 Å². The third kappa shape index (κ3) is 41.5. The van der Waals surface area contributed by atoms with Crippen molar-refractivity contribution in [2.45, 2.75) is 225 Å². The Kier molecular flexibility index (Phi) is 44.3. The van der Waals surface area contributed by atoms with Crippen LogP contribution in [0, 0.1) is 0 Å². The summed E-state index contributed by atoms with van der Waals surface area (Å²) in [5, 5.41) is 23.7. The van der Waals surface area contributed by atoms with Crippen molar-refractivity contribution in [3.8, 4) is 0 Å². The normalized spacial score (nSPS) is 14.2. The zero-order chi connectivity index (χ0) is 43.8. The van der Waals surface area contributed by atoms with E-state index in [9.17, 15) is 19.8 Å². The molecule has 3 unspecified atom stereocenters. The van der Waals surface area contributed by atoms with Crippen LogP contribution in [0.1, 0.15) is 207 Å². The van der Waals surface area contributed by atoms with Crippen LogP contribution in [0.3, 0.4) is 0 Å². The lowest BCUT2D eigenvalue weighted by Crippen LogP contribution is -2.46. The number of allylic oxidation sites excluding steroid dienone is 16. The van der Waals surface area contributed by atoms with Crippen LogP contribution in [0.25, 0.3) is 0 Å². The van der Waals surface area contributed by atoms with Gasteiger partial charge in [-0.3, -0.25) is 9.59 Å². The number of hydrogen-bond acceptors (Lipinski definition) is 5. The molecule has 0 rings (SSSR count). The van der Waals surface area contributed by atoms with Gasteiger partial charge in [0.05, 0.1) is 25.2 Å². The number of carbonyl (C=O) groups excluding carboxylic acids is 2. The molecule has 3 atom stereocenters. The molecule has 0 saturated carbocycles. The van der Waals surface area contributed by atoms with Crippen LogP contribution < -0.4 is 5.32 Å². The molecule has 0 heterocycles. The van der Waals surface area contributed by atoms with Crippen molar-refractivity contribution >= 4 is 11.9 Å². The number of ether oxygens (including phenoxy) is 1. The number of esters is 1. The second-order valence-electron chi connectivity index (χ2n) is 16.2. The third-order valence-electron chi connectivity index (χ3n) is 10.5. The molecule has 0 aliphatic heterocycles. The van der Waals surface area contributed by atoms with E-state index in [-0.39, 0.29) is 24.9 Å². The lowest BCUT2D eigenvalue weighted by molar-refractivity contribution is -0.151. The largest absolute Gasteiger partial charge is 0.462 e. The molecule has 6 heteroatoms. The Morgan fingerprint density at radius 3 is 1.53 bits per heavy atom. The summed E-state index contributed by atoms with van der Waals surface area (Å²) < 4.78 is 5.85. The highest BCUT2D eigenvalue weighted by Crippen LogP contribution is 2.16. The van der Waals surface area contributed by atoms with Crippen molar-refractivity contribution in [3.63, 3.8) is 0 Å². The maximum Gasteiger partial charge on any atom is 0.306 e. The first kappa shape index (κ1) is 56.8. The molecule has 0 saturated heterocycles. The molecule has 0 aromatic carbocycles. The van der Waals surface area contributed by atoms with Gasteiger partial charge in [0.1, 0.15) is 6.10 Å². The van der Waals surface area contributed by atoms with Crippen molar-refractivity contribution in [1.29, 1.82) is 0 Å². The van der Waals surface area contributed by atoms with Gasteiger partial charge in [-0.05, 0) is 77.0 Å². The highest BCUT2D eigenvalue weighted by Gasteiger charge is 2.23. The number of nitrogens with one attached hydrogen (secondary N) is 1. The molecule has 0 aromatic rings. The topological polar surface area (TPSA) is 95.9 Å². The van der Waals surface area contributed by atoms with Crippen molar-refractivity contribution in [3.05, 3.63) is 97.2 Å². The van der Waals surface area contributed by atoms with Gasteiger partial charge in [0, 0.05) is 6.42 Å². The number of aliphatic hydroxyl groups is 2. The molecule has 3 N–H and O–H groups in total. The minimum atomic E-state index is -0.818. The van der Waals surface area contributed by atoms with Crippen molar-refractivity contribution in [2.24, 2.45) is 0 Å². The second-order valence-corrected chi connectivity index (χ2v) is 16.2. The van der Waals surface area contributed by atoms with E-state index in [1.165, 1.54) is 89.9 Å². The van der Waals surface area contributed by atoms with Crippen LogP contribution in [0.4, 0.5) is 0 Å². The summed E-state index contributed by atoms with van der Waals surface area (Å²) in [6.07, 6.45) is 61.9. The van der Waals surface area contributed by atoms with Crippen molar-refractivity contribution in [1.82, 2.24) is 5.32 Å². The zero-order valence-electron chi connectivity index (χ0n) is 38.8. The molecule has 0 aliphatic rings. The molecule has 6 nitrogen and oxygen atoms in total. The molecule has 342 valence electrons. The van der Waals surface area contributed by atoms with Gasteiger partial charge in [-0.15, -0.1) is 0 Å². The van der Waals surface area contributed by atoms with E-state index in [0.29, 0.717) is 25.7 Å². The molecule has 0 spiro atoms. The van der Waals surface area contributed by atoms with Gasteiger partial charge in [-0.25, -0.2) is 0 Å². The van der Waals surface area contributed by atoms with Gasteiger partial charge in [0.2, 0.25) is 5.91 Å². The maximum absolute atomic E-state index is 13.1. The number of unbranched alkanes of at least 4 members (excludes halogenated alkanes) is 17. The predicted molar refractivity (Wildman–Crippen MR) is 259 cm³/mol. The van der Waals surface area contributed by atoms with Gasteiger partial charge in [-0.1, -0.05) is 214 Å². The molecule has 0 fully saturated rings. The molecule has 0 aromatic heterocycles. The summed E-state index contributed by atoms with van der Waals surface area (Å²) in [5.74, 6) is -0.619. The Labute approximate surface area is 369 Å². The van der Waals surface area contributed by atoms with E-state index in [2.05, 4.69) is 86.8 Å². The first-order valence-electron chi connectivity index (χ1n) is 24.5. The molecule has 1 amide bonds. The van der Waals surface area contributed by atoms with Gasteiger partial charge in [0.15, 0.2) is 0 Å². The maximum atomic E-state index is 13.1. The smallest absolute Gasteiger partial charge is 0.306 e. The summed E-state index contributed by atoms with van der Waals surface area (Å²) in [4.78, 5) is 26.0. The van der Waals surface area contributed by atoms with Crippen molar-refractivity contribution in [2.75, 3.05) is 6.61 Å². The summed E-state index contributed by atoms with van der Waals surface area (Å²) in [7, 11) is 0. The van der Waals surface area contributed by atoms with Gasteiger partial charge < -0.3 is 20.3 Å². The van der Waals surface area contributed by atoms with Gasteiger partial charge in [-0.2, -0.15) is 0 Å². The van der Waals surface area contributed by atoms with E-state index >= 15 is 0 Å². The quantitative estimate of drug-likeness (QED) is 0.0246. The number of aliphatic hydroxyl groups excluding tert-OH is 2. The predicted octanol–water partition coefficient (Wildman–Crippen LogP) is 14.6. The molecule has 0 aliphatic carbocycles. The minimum Gasteiger partial charge on any atom is -0.462 e. The van der Waals surface area contributed by atoms with Crippen molar-refractivity contribution < 1.29 is 24.5 Å². The monoisotopic (exact) mass is 834 g/mol. The fourth-order valence-electron chi connectivity index (χ4n) is 6.79. The number of amides is 1. The number of hydrogen-bond donors (Lipinski definition) is 3. The van der Waals surface area contributed by atoms with Gasteiger partial charge in [0.25, 0.3) is 0 Å². The third-order valence-corrected chi connectivity index (χ3v) is 10.5. The van der Waals surface area contributed by atoms with Crippen LogP contribution in [-0.4, -0.2) is 46.9 Å². The SMILES string of the molecule is CC/C=C/C=C/C=C\C=C/CCCC(CC(=O)NC(CO)C(O)CCCCCCCCCCCCCCC)OC(=O)CCC/C=C\C/C=C\C/C=C\C/C=C\CCCCC. The Morgan fingerprint density at radius 1 is 0.517 bits per heavy atom. The standard InChI is InChI=1S/C54H91NO5/c1-4-7-10-13-16-19-22-24-25-26-27-29-32-35-38-41-44-47-54(59)60-50(45-42-39-36-33-30-21-18-15-12-9-6-3)48-53(58)55-51(49-56)52(57)46-43-40-37-34-31-28-23-20-17-14-11-8-5-2/h9,12,15-16,18-19,21,24-25,27,29-30,33,35-36,38,50-52,56-57H,4-8,10-11,13-14,17,20,22-23,26,28,31-32,34,37,39-49H2,1-3H3,(H,55,58)/b12-9+,18-15+,19-16-,25-24-,29-27-,30-21-,36-33-,38-35-. The Bertz CT molecular complexity index is 1210. The van der Waals surface area contributed by atoms with Crippen LogP contribution in [-0.2, 0) is 14.3 Å². The summed E-state index contributed by atoms with van der Waals surface area (Å²) >= 11 is 0. The lowest BCUT2D eigenvalue weighted by atomic mass is 10.0. The Hall–Kier alpha value is -3.22. The van der Waals surface area contributed by atoms with Gasteiger partial charge >= 0.3 is 5.97 Å². The fraction of sp³-hybridized carbons (Fsp3) is 0.667. The molecule has 0 radical (unpaired) electrons. The fourth-order valence-corrected chi connectivity index (χ4v) is 6.79. The van der Waals surface area contributed by atoms with E-state index in [1.807, 2.05) is 36.5 Å². The van der Waals surface area contributed by atoms with E-state index in [0.717, 1.165) is 64.2 Å². The number of rotatable bonds is 42. The van der Waals surface area contributed by atoms with E-state index < -0.39 is 18.2 Å². The summed E-state index contributed by atoms with van der Waals surface area (Å²) in [6, 6.07) is -0.738. The first-order chi connectivity index (χ1) is 29.5. The highest BCUT2D eigenvalue weighted by molar-refractivity contribution is 5.77. The lowest BCUT2D eigenvalue weighted by Gasteiger charge is -2.24. The zero-order valence-corrected chi connectivity index (χ0v) is 38.8. The Morgan fingerprint density at radius 2 is 0.983 bits per heavy atom. The first-order valence-corrected chi connectivity index (χ1v) is 24.5. The second kappa shape index (κ2) is 46.8. The summed E-state index contributed by atoms with van der Waals surface area (Å²) in [5.41, 5.74) is 0. The molecular formula is C54H91NO5. The number of carbonyl (C=O) groups is 2. The minimum absolute atomic E-state index is 0.00453. The molecule has 60 heavy (non-hydrogen) atoms. The molecule has 0 bridgehead atoms. The summed E-state index contributed by atoms with van der Waals surface area (Å²) in [6.45, 7) is 6.26. The van der Waals surface area contributed by atoms with Crippen LogP contribution in [0.2, 0.25) is 0 Å². The molecular weight excluding hydrogens is 743 g/mol.